The molecule has 1 amide bonds. The van der Waals surface area contributed by atoms with E-state index in [-0.39, 0.29) is 23.9 Å². The Hall–Kier alpha value is -2.09. The Bertz CT molecular complexity index is 841. The number of nitrogens with zero attached hydrogens (tertiary/aromatic N) is 2. The van der Waals surface area contributed by atoms with Gasteiger partial charge in [0.25, 0.3) is 5.91 Å². The van der Waals surface area contributed by atoms with Gasteiger partial charge in [0.1, 0.15) is 0 Å². The Balaban J connectivity index is 0.00000132. The smallest absolute Gasteiger partial charge is 0.251 e. The number of rotatable bonds is 5. The van der Waals surface area contributed by atoms with E-state index in [9.17, 15) is 4.79 Å². The summed E-state index contributed by atoms with van der Waals surface area (Å²) in [5.74, 6) is 2.49. The quantitative estimate of drug-likeness (QED) is 0.656. The fourth-order valence-corrected chi connectivity index (χ4v) is 5.04. The molecule has 3 heterocycles. The SMILES string of the molecule is CC.CC1C(N)c2cc(C(=O)NCCN3CCSCC3)ccc2NC1c1ccccn1. The van der Waals surface area contributed by atoms with Crippen molar-refractivity contribution in [3.8, 4) is 0 Å². The number of pyridine rings is 1. The van der Waals surface area contributed by atoms with Crippen molar-refractivity contribution in [3.05, 3.63) is 59.4 Å². The highest BCUT2D eigenvalue weighted by molar-refractivity contribution is 7.99. The number of fused-ring (bicyclic) bond motifs is 1. The van der Waals surface area contributed by atoms with Crippen molar-refractivity contribution in [1.29, 1.82) is 0 Å². The summed E-state index contributed by atoms with van der Waals surface area (Å²) >= 11 is 2.00. The summed E-state index contributed by atoms with van der Waals surface area (Å²) in [7, 11) is 0. The highest BCUT2D eigenvalue weighted by atomic mass is 32.2. The number of nitrogens with two attached hydrogens (primary N) is 1. The lowest BCUT2D eigenvalue weighted by Crippen LogP contribution is -2.39. The summed E-state index contributed by atoms with van der Waals surface area (Å²) in [6, 6.07) is 11.6. The normalized spacial score (nSPS) is 23.0. The van der Waals surface area contributed by atoms with Crippen LogP contribution in [0, 0.1) is 5.92 Å². The van der Waals surface area contributed by atoms with Crippen molar-refractivity contribution in [1.82, 2.24) is 15.2 Å². The van der Waals surface area contributed by atoms with Gasteiger partial charge in [-0.25, -0.2) is 0 Å². The Labute approximate surface area is 190 Å². The highest BCUT2D eigenvalue weighted by Gasteiger charge is 2.33. The number of carbonyl (C=O) groups is 1. The topological polar surface area (TPSA) is 83.3 Å². The second-order valence-electron chi connectivity index (χ2n) is 7.77. The molecule has 31 heavy (non-hydrogen) atoms. The Kier molecular flexibility index (Phi) is 8.75. The van der Waals surface area contributed by atoms with Crippen molar-refractivity contribution in [3.63, 3.8) is 0 Å². The monoisotopic (exact) mass is 441 g/mol. The van der Waals surface area contributed by atoms with E-state index in [4.69, 9.17) is 5.73 Å². The molecular formula is C24H35N5OS. The number of amides is 1. The Morgan fingerprint density at radius 1 is 1.26 bits per heavy atom. The van der Waals surface area contributed by atoms with E-state index in [0.717, 1.165) is 36.6 Å². The number of benzene rings is 1. The van der Waals surface area contributed by atoms with E-state index in [1.54, 1.807) is 6.20 Å². The molecule has 0 aliphatic carbocycles. The third-order valence-corrected chi connectivity index (χ3v) is 6.84. The van der Waals surface area contributed by atoms with Crippen molar-refractivity contribution in [2.75, 3.05) is 43.0 Å². The van der Waals surface area contributed by atoms with E-state index >= 15 is 0 Å². The van der Waals surface area contributed by atoms with Crippen molar-refractivity contribution in [2.24, 2.45) is 11.7 Å². The second kappa shape index (κ2) is 11.5. The largest absolute Gasteiger partial charge is 0.376 e. The lowest BCUT2D eigenvalue weighted by molar-refractivity contribution is 0.0948. The number of aromatic nitrogens is 1. The van der Waals surface area contributed by atoms with Crippen LogP contribution in [0.3, 0.4) is 0 Å². The molecule has 0 radical (unpaired) electrons. The molecule has 1 saturated heterocycles. The van der Waals surface area contributed by atoms with Crippen LogP contribution >= 0.6 is 11.8 Å². The molecule has 1 fully saturated rings. The van der Waals surface area contributed by atoms with Gasteiger partial charge in [-0.1, -0.05) is 26.8 Å². The number of carbonyl (C=O) groups excluding carboxylic acids is 1. The van der Waals surface area contributed by atoms with E-state index in [1.165, 1.54) is 11.5 Å². The summed E-state index contributed by atoms with van der Waals surface area (Å²) in [5.41, 5.74) is 10.2. The first-order chi connectivity index (χ1) is 15.1. The van der Waals surface area contributed by atoms with Gasteiger partial charge in [-0.15, -0.1) is 0 Å². The fourth-order valence-electron chi connectivity index (χ4n) is 4.06. The van der Waals surface area contributed by atoms with Gasteiger partial charge in [0.05, 0.1) is 11.7 Å². The summed E-state index contributed by atoms with van der Waals surface area (Å²) in [5, 5.41) is 6.62. The van der Waals surface area contributed by atoms with Gasteiger partial charge in [0.15, 0.2) is 0 Å². The maximum Gasteiger partial charge on any atom is 0.251 e. The van der Waals surface area contributed by atoms with Crippen LogP contribution in [0.2, 0.25) is 0 Å². The minimum Gasteiger partial charge on any atom is -0.376 e. The van der Waals surface area contributed by atoms with Gasteiger partial charge in [0, 0.05) is 67.1 Å². The van der Waals surface area contributed by atoms with E-state index in [0.29, 0.717) is 12.1 Å². The lowest BCUT2D eigenvalue weighted by atomic mass is 9.82. The molecule has 4 N–H and O–H groups in total. The predicted molar refractivity (Wildman–Crippen MR) is 131 cm³/mol. The van der Waals surface area contributed by atoms with Crippen LogP contribution in [0.5, 0.6) is 0 Å². The van der Waals surface area contributed by atoms with Crippen molar-refractivity contribution < 1.29 is 4.79 Å². The third kappa shape index (κ3) is 5.79. The first kappa shape index (κ1) is 23.6. The summed E-state index contributed by atoms with van der Waals surface area (Å²) in [6.45, 7) is 9.91. The van der Waals surface area contributed by atoms with Crippen LogP contribution < -0.4 is 16.4 Å². The van der Waals surface area contributed by atoms with Crippen LogP contribution in [0.15, 0.2) is 42.6 Å². The van der Waals surface area contributed by atoms with Crippen LogP contribution in [0.1, 0.15) is 54.5 Å². The van der Waals surface area contributed by atoms with Crippen LogP contribution in [-0.2, 0) is 0 Å². The zero-order valence-electron chi connectivity index (χ0n) is 18.8. The molecule has 6 nitrogen and oxygen atoms in total. The molecule has 1 aromatic heterocycles. The predicted octanol–water partition coefficient (Wildman–Crippen LogP) is 3.69. The third-order valence-electron chi connectivity index (χ3n) is 5.90. The van der Waals surface area contributed by atoms with Gasteiger partial charge in [-0.3, -0.25) is 14.7 Å². The summed E-state index contributed by atoms with van der Waals surface area (Å²) in [4.78, 5) is 19.5. The minimum atomic E-state index is -0.156. The lowest BCUT2D eigenvalue weighted by Gasteiger charge is -2.37. The average molecular weight is 442 g/mol. The molecule has 2 aliphatic heterocycles. The van der Waals surface area contributed by atoms with E-state index < -0.39 is 0 Å². The van der Waals surface area contributed by atoms with Gasteiger partial charge in [-0.05, 0) is 35.9 Å². The standard InChI is InChI=1S/C22H29N5OS.C2H6/c1-15-20(23)17-14-16(22(28)25-8-9-27-10-12-29-13-11-27)5-6-18(17)26-21(15)19-4-2-3-7-24-19;1-2/h2-7,14-15,20-21,26H,8-13,23H2,1H3,(H,25,28);1-2H3. The zero-order chi connectivity index (χ0) is 22.2. The Morgan fingerprint density at radius 3 is 2.74 bits per heavy atom. The van der Waals surface area contributed by atoms with Gasteiger partial charge >= 0.3 is 0 Å². The molecular weight excluding hydrogens is 406 g/mol. The first-order valence-corrected chi connectivity index (χ1v) is 12.4. The molecule has 2 aromatic rings. The van der Waals surface area contributed by atoms with E-state index in [1.807, 2.05) is 62.0 Å². The minimum absolute atomic E-state index is 0.0362. The first-order valence-electron chi connectivity index (χ1n) is 11.3. The molecule has 2 aliphatic rings. The molecule has 1 aromatic carbocycles. The summed E-state index contributed by atoms with van der Waals surface area (Å²) in [6.07, 6.45) is 1.81. The number of thioether (sulfide) groups is 1. The number of hydrogen-bond acceptors (Lipinski definition) is 6. The molecule has 7 heteroatoms. The molecule has 0 bridgehead atoms. The van der Waals surface area contributed by atoms with Crippen LogP contribution in [-0.4, -0.2) is 53.5 Å². The molecule has 168 valence electrons. The summed E-state index contributed by atoms with van der Waals surface area (Å²) < 4.78 is 0. The highest BCUT2D eigenvalue weighted by Crippen LogP contribution is 2.41. The van der Waals surface area contributed by atoms with Gasteiger partial charge < -0.3 is 16.4 Å². The Morgan fingerprint density at radius 2 is 2.03 bits per heavy atom. The molecule has 0 spiro atoms. The van der Waals surface area contributed by atoms with Crippen molar-refractivity contribution in [2.45, 2.75) is 32.9 Å². The van der Waals surface area contributed by atoms with Crippen LogP contribution in [0.4, 0.5) is 5.69 Å². The number of hydrogen-bond donors (Lipinski definition) is 3. The molecule has 4 rings (SSSR count). The number of anilines is 1. The second-order valence-corrected chi connectivity index (χ2v) is 9.00. The maximum atomic E-state index is 12.6. The van der Waals surface area contributed by atoms with E-state index in [2.05, 4.69) is 27.4 Å². The van der Waals surface area contributed by atoms with Crippen molar-refractivity contribution >= 4 is 23.4 Å². The van der Waals surface area contributed by atoms with Gasteiger partial charge in [0.2, 0.25) is 0 Å². The van der Waals surface area contributed by atoms with Crippen LogP contribution in [0.25, 0.3) is 0 Å². The molecule has 3 unspecified atom stereocenters. The number of nitrogens with one attached hydrogen (secondary N) is 2. The average Bonchev–Trinajstić information content (AvgIpc) is 2.83. The van der Waals surface area contributed by atoms with Gasteiger partial charge in [-0.2, -0.15) is 11.8 Å². The molecule has 0 saturated carbocycles. The maximum absolute atomic E-state index is 12.6. The fraction of sp³-hybridized carbons (Fsp3) is 0.500. The molecule has 3 atom stereocenters. The zero-order valence-corrected chi connectivity index (χ0v) is 19.6.